The molecular formula is C12H21N5O2. The van der Waals surface area contributed by atoms with Crippen molar-refractivity contribution in [2.24, 2.45) is 0 Å². The van der Waals surface area contributed by atoms with E-state index >= 15 is 0 Å². The summed E-state index contributed by atoms with van der Waals surface area (Å²) in [6.45, 7) is 3.55. The third kappa shape index (κ3) is 4.00. The standard InChI is InChI=1S/C12H21N5O2/c1-16-6-3-2-4-10(16)8-13-5-7-17-9-11(12(18)19)14-15-17/h9-10,13H,2-8H2,1H3,(H,18,19). The molecule has 1 atom stereocenters. The van der Waals surface area contributed by atoms with Gasteiger partial charge in [-0.05, 0) is 26.4 Å². The second-order valence-corrected chi connectivity index (χ2v) is 5.01. The lowest BCUT2D eigenvalue weighted by atomic mass is 10.0. The molecule has 1 aromatic rings. The fourth-order valence-electron chi connectivity index (χ4n) is 2.37. The number of rotatable bonds is 6. The molecule has 0 saturated carbocycles. The Labute approximate surface area is 112 Å². The van der Waals surface area contributed by atoms with E-state index in [2.05, 4.69) is 27.6 Å². The van der Waals surface area contributed by atoms with Crippen LogP contribution >= 0.6 is 0 Å². The number of aromatic nitrogens is 3. The maximum Gasteiger partial charge on any atom is 0.358 e. The zero-order valence-electron chi connectivity index (χ0n) is 11.2. The first-order chi connectivity index (χ1) is 9.16. The van der Waals surface area contributed by atoms with Crippen LogP contribution < -0.4 is 5.32 Å². The monoisotopic (exact) mass is 267 g/mol. The van der Waals surface area contributed by atoms with Crippen molar-refractivity contribution >= 4 is 5.97 Å². The minimum Gasteiger partial charge on any atom is -0.476 e. The van der Waals surface area contributed by atoms with Gasteiger partial charge in [0.25, 0.3) is 0 Å². The van der Waals surface area contributed by atoms with Crippen LogP contribution in [0.1, 0.15) is 29.8 Å². The maximum absolute atomic E-state index is 10.6. The molecule has 0 aromatic carbocycles. The van der Waals surface area contributed by atoms with Crippen molar-refractivity contribution in [2.75, 3.05) is 26.7 Å². The Balaban J connectivity index is 1.67. The van der Waals surface area contributed by atoms with Gasteiger partial charge in [0, 0.05) is 19.1 Å². The van der Waals surface area contributed by atoms with E-state index in [4.69, 9.17) is 5.11 Å². The Bertz CT molecular complexity index is 420. The SMILES string of the molecule is CN1CCCCC1CNCCn1cc(C(=O)O)nn1. The largest absolute Gasteiger partial charge is 0.476 e. The summed E-state index contributed by atoms with van der Waals surface area (Å²) in [4.78, 5) is 13.0. The van der Waals surface area contributed by atoms with Crippen LogP contribution in [-0.4, -0.2) is 63.7 Å². The summed E-state index contributed by atoms with van der Waals surface area (Å²) in [6, 6.07) is 0.610. The van der Waals surface area contributed by atoms with Crippen LogP contribution in [0.3, 0.4) is 0 Å². The number of hydrogen-bond acceptors (Lipinski definition) is 5. The molecule has 1 fully saturated rings. The maximum atomic E-state index is 10.6. The van der Waals surface area contributed by atoms with Gasteiger partial charge in [0.1, 0.15) is 0 Å². The average molecular weight is 267 g/mol. The fourth-order valence-corrected chi connectivity index (χ4v) is 2.37. The first kappa shape index (κ1) is 14.0. The summed E-state index contributed by atoms with van der Waals surface area (Å²) in [5, 5.41) is 19.5. The van der Waals surface area contributed by atoms with Gasteiger partial charge < -0.3 is 15.3 Å². The molecule has 19 heavy (non-hydrogen) atoms. The van der Waals surface area contributed by atoms with Crippen LogP contribution in [0.2, 0.25) is 0 Å². The van der Waals surface area contributed by atoms with E-state index in [1.54, 1.807) is 4.68 Å². The van der Waals surface area contributed by atoms with Crippen LogP contribution in [0, 0.1) is 0 Å². The number of aromatic carboxylic acids is 1. The van der Waals surface area contributed by atoms with Gasteiger partial charge in [-0.15, -0.1) is 5.10 Å². The second kappa shape index (κ2) is 6.63. The summed E-state index contributed by atoms with van der Waals surface area (Å²) >= 11 is 0. The van der Waals surface area contributed by atoms with Crippen molar-refractivity contribution in [3.8, 4) is 0 Å². The number of nitrogens with one attached hydrogen (secondary N) is 1. The Hall–Kier alpha value is -1.47. The van der Waals surface area contributed by atoms with E-state index < -0.39 is 5.97 Å². The van der Waals surface area contributed by atoms with E-state index in [0.29, 0.717) is 12.6 Å². The third-order valence-electron chi connectivity index (χ3n) is 3.58. The highest BCUT2D eigenvalue weighted by Crippen LogP contribution is 2.13. The van der Waals surface area contributed by atoms with Gasteiger partial charge in [0.05, 0.1) is 12.7 Å². The third-order valence-corrected chi connectivity index (χ3v) is 3.58. The van der Waals surface area contributed by atoms with Crippen LogP contribution in [-0.2, 0) is 6.54 Å². The molecule has 7 nitrogen and oxygen atoms in total. The van der Waals surface area contributed by atoms with E-state index in [-0.39, 0.29) is 5.69 Å². The summed E-state index contributed by atoms with van der Waals surface area (Å²) < 4.78 is 1.56. The van der Waals surface area contributed by atoms with Crippen molar-refractivity contribution in [3.63, 3.8) is 0 Å². The Morgan fingerprint density at radius 2 is 2.42 bits per heavy atom. The van der Waals surface area contributed by atoms with Crippen LogP contribution in [0.25, 0.3) is 0 Å². The molecule has 2 rings (SSSR count). The van der Waals surface area contributed by atoms with Crippen molar-refractivity contribution in [1.82, 2.24) is 25.2 Å². The highest BCUT2D eigenvalue weighted by Gasteiger charge is 2.17. The summed E-state index contributed by atoms with van der Waals surface area (Å²) in [5.41, 5.74) is -0.00739. The minimum atomic E-state index is -1.04. The molecular weight excluding hydrogens is 246 g/mol. The molecule has 106 valence electrons. The van der Waals surface area contributed by atoms with Gasteiger partial charge in [-0.1, -0.05) is 11.6 Å². The number of carboxylic acids is 1. The molecule has 0 spiro atoms. The van der Waals surface area contributed by atoms with Crippen LogP contribution in [0.5, 0.6) is 0 Å². The smallest absolute Gasteiger partial charge is 0.358 e. The highest BCUT2D eigenvalue weighted by molar-refractivity contribution is 5.84. The van der Waals surface area contributed by atoms with Crippen molar-refractivity contribution in [2.45, 2.75) is 31.8 Å². The number of likely N-dealkylation sites (N-methyl/N-ethyl adjacent to an activating group) is 1. The fraction of sp³-hybridized carbons (Fsp3) is 0.750. The molecule has 1 aliphatic rings. The normalized spacial score (nSPS) is 20.6. The lowest BCUT2D eigenvalue weighted by Gasteiger charge is -2.32. The molecule has 1 unspecified atom stereocenters. The van der Waals surface area contributed by atoms with Gasteiger partial charge in [0.2, 0.25) is 0 Å². The van der Waals surface area contributed by atoms with Gasteiger partial charge in [-0.3, -0.25) is 4.68 Å². The summed E-state index contributed by atoms with van der Waals surface area (Å²) in [5.74, 6) is -1.04. The molecule has 2 N–H and O–H groups in total. The topological polar surface area (TPSA) is 83.3 Å². The van der Waals surface area contributed by atoms with E-state index in [1.807, 2.05) is 0 Å². The molecule has 0 radical (unpaired) electrons. The lowest BCUT2D eigenvalue weighted by Crippen LogP contribution is -2.43. The average Bonchev–Trinajstić information content (AvgIpc) is 2.85. The number of hydrogen-bond donors (Lipinski definition) is 2. The number of piperidine rings is 1. The van der Waals surface area contributed by atoms with Gasteiger partial charge in [-0.2, -0.15) is 0 Å². The van der Waals surface area contributed by atoms with E-state index in [1.165, 1.54) is 32.0 Å². The Morgan fingerprint density at radius 3 is 3.11 bits per heavy atom. The molecule has 0 bridgehead atoms. The molecule has 0 amide bonds. The Kier molecular flexibility index (Phi) is 4.86. The number of carboxylic acid groups (broad SMARTS) is 1. The predicted molar refractivity (Wildman–Crippen MR) is 70.1 cm³/mol. The molecule has 1 saturated heterocycles. The molecule has 7 heteroatoms. The minimum absolute atomic E-state index is 0.00739. The van der Waals surface area contributed by atoms with Crippen molar-refractivity contribution < 1.29 is 9.90 Å². The first-order valence-corrected chi connectivity index (χ1v) is 6.71. The molecule has 2 heterocycles. The lowest BCUT2D eigenvalue weighted by molar-refractivity contribution is 0.0690. The highest BCUT2D eigenvalue weighted by atomic mass is 16.4. The zero-order chi connectivity index (χ0) is 13.7. The number of carbonyl (C=O) groups is 1. The molecule has 1 aromatic heterocycles. The Morgan fingerprint density at radius 1 is 1.58 bits per heavy atom. The number of likely N-dealkylation sites (tertiary alicyclic amines) is 1. The van der Waals surface area contributed by atoms with Crippen molar-refractivity contribution in [3.05, 3.63) is 11.9 Å². The van der Waals surface area contributed by atoms with E-state index in [9.17, 15) is 4.79 Å². The number of nitrogens with zero attached hydrogens (tertiary/aromatic N) is 4. The summed E-state index contributed by atoms with van der Waals surface area (Å²) in [6.07, 6.45) is 5.30. The zero-order valence-corrected chi connectivity index (χ0v) is 11.2. The van der Waals surface area contributed by atoms with Gasteiger partial charge >= 0.3 is 5.97 Å². The van der Waals surface area contributed by atoms with Crippen LogP contribution in [0.4, 0.5) is 0 Å². The summed E-state index contributed by atoms with van der Waals surface area (Å²) in [7, 11) is 2.17. The second-order valence-electron chi connectivity index (χ2n) is 5.01. The van der Waals surface area contributed by atoms with Gasteiger partial charge in [0.15, 0.2) is 5.69 Å². The van der Waals surface area contributed by atoms with E-state index in [0.717, 1.165) is 13.1 Å². The quantitative estimate of drug-likeness (QED) is 0.709. The van der Waals surface area contributed by atoms with Gasteiger partial charge in [-0.25, -0.2) is 4.79 Å². The predicted octanol–water partition coefficient (Wildman–Crippen LogP) is 0.0502. The van der Waals surface area contributed by atoms with Crippen LogP contribution in [0.15, 0.2) is 6.20 Å². The molecule has 0 aliphatic carbocycles. The molecule has 1 aliphatic heterocycles. The van der Waals surface area contributed by atoms with Crippen molar-refractivity contribution in [1.29, 1.82) is 0 Å². The first-order valence-electron chi connectivity index (χ1n) is 6.71.